The summed E-state index contributed by atoms with van der Waals surface area (Å²) in [5.41, 5.74) is 0.305. The SMILES string of the molecule is CC(Oc1ccc(F)cc1)C(=O)NC1CCC(C)(C)C1. The first-order chi connectivity index (χ1) is 9.35. The Hall–Kier alpha value is -1.58. The molecule has 0 aliphatic heterocycles. The molecule has 0 spiro atoms. The van der Waals surface area contributed by atoms with Crippen LogP contribution in [0, 0.1) is 11.2 Å². The number of ether oxygens (including phenoxy) is 1. The van der Waals surface area contributed by atoms with Gasteiger partial charge in [-0.1, -0.05) is 13.8 Å². The number of nitrogens with one attached hydrogen (secondary N) is 1. The molecule has 1 amide bonds. The maximum Gasteiger partial charge on any atom is 0.260 e. The molecular weight excluding hydrogens is 257 g/mol. The molecule has 1 aromatic rings. The van der Waals surface area contributed by atoms with E-state index in [9.17, 15) is 9.18 Å². The highest BCUT2D eigenvalue weighted by atomic mass is 19.1. The lowest BCUT2D eigenvalue weighted by Crippen LogP contribution is -2.41. The fraction of sp³-hybridized carbons (Fsp3) is 0.562. The maximum atomic E-state index is 12.8. The molecule has 1 aliphatic rings. The van der Waals surface area contributed by atoms with Crippen LogP contribution in [0.1, 0.15) is 40.0 Å². The van der Waals surface area contributed by atoms with Gasteiger partial charge in [-0.15, -0.1) is 0 Å². The van der Waals surface area contributed by atoms with E-state index in [2.05, 4.69) is 19.2 Å². The molecule has 3 nitrogen and oxygen atoms in total. The summed E-state index contributed by atoms with van der Waals surface area (Å²) in [6.45, 7) is 6.15. The van der Waals surface area contributed by atoms with Crippen LogP contribution in [-0.2, 0) is 4.79 Å². The first kappa shape index (κ1) is 14.8. The van der Waals surface area contributed by atoms with Crippen LogP contribution >= 0.6 is 0 Å². The summed E-state index contributed by atoms with van der Waals surface area (Å²) >= 11 is 0. The van der Waals surface area contributed by atoms with E-state index >= 15 is 0 Å². The summed E-state index contributed by atoms with van der Waals surface area (Å²) in [5.74, 6) is 0.0699. The van der Waals surface area contributed by atoms with Gasteiger partial charge in [0.15, 0.2) is 6.10 Å². The molecule has 2 atom stereocenters. The molecule has 2 unspecified atom stereocenters. The van der Waals surface area contributed by atoms with Crippen LogP contribution in [0.2, 0.25) is 0 Å². The summed E-state index contributed by atoms with van der Waals surface area (Å²) in [6, 6.07) is 5.92. The van der Waals surface area contributed by atoms with Crippen LogP contribution < -0.4 is 10.1 Å². The third kappa shape index (κ3) is 3.95. The predicted molar refractivity (Wildman–Crippen MR) is 76.1 cm³/mol. The molecule has 2 rings (SSSR count). The predicted octanol–water partition coefficient (Wildman–Crippen LogP) is 3.29. The second-order valence-electron chi connectivity index (χ2n) is 6.33. The van der Waals surface area contributed by atoms with E-state index in [4.69, 9.17) is 4.74 Å². The monoisotopic (exact) mass is 279 g/mol. The zero-order valence-electron chi connectivity index (χ0n) is 12.3. The van der Waals surface area contributed by atoms with Crippen LogP contribution in [0.5, 0.6) is 5.75 Å². The zero-order valence-corrected chi connectivity index (χ0v) is 12.3. The number of carbonyl (C=O) groups excluding carboxylic acids is 1. The lowest BCUT2D eigenvalue weighted by atomic mass is 9.92. The third-order valence-corrected chi connectivity index (χ3v) is 3.81. The quantitative estimate of drug-likeness (QED) is 0.918. The molecule has 1 fully saturated rings. The van der Waals surface area contributed by atoms with Gasteiger partial charge in [0, 0.05) is 6.04 Å². The number of rotatable bonds is 4. The standard InChI is InChI=1S/C16H22FNO2/c1-11(20-14-6-4-12(17)5-7-14)15(19)18-13-8-9-16(2,3)10-13/h4-7,11,13H,8-10H2,1-3H3,(H,18,19). The normalized spacial score (nSPS) is 22.3. The van der Waals surface area contributed by atoms with E-state index < -0.39 is 6.10 Å². The van der Waals surface area contributed by atoms with Crippen molar-refractivity contribution < 1.29 is 13.9 Å². The number of benzene rings is 1. The Labute approximate surface area is 119 Å². The molecule has 1 saturated carbocycles. The summed E-state index contributed by atoms with van der Waals surface area (Å²) in [7, 11) is 0. The number of hydrogen-bond donors (Lipinski definition) is 1. The van der Waals surface area contributed by atoms with E-state index in [1.54, 1.807) is 6.92 Å². The van der Waals surface area contributed by atoms with Gasteiger partial charge in [-0.2, -0.15) is 0 Å². The second kappa shape index (κ2) is 5.81. The first-order valence-corrected chi connectivity index (χ1v) is 7.08. The Kier molecular flexibility index (Phi) is 4.31. The molecule has 0 saturated heterocycles. The van der Waals surface area contributed by atoms with E-state index in [0.717, 1.165) is 19.3 Å². The highest BCUT2D eigenvalue weighted by molar-refractivity contribution is 5.81. The van der Waals surface area contributed by atoms with Gasteiger partial charge in [0.25, 0.3) is 5.91 Å². The van der Waals surface area contributed by atoms with Gasteiger partial charge in [-0.25, -0.2) is 4.39 Å². The Morgan fingerprint density at radius 1 is 1.40 bits per heavy atom. The third-order valence-electron chi connectivity index (χ3n) is 3.81. The molecule has 0 heterocycles. The summed E-state index contributed by atoms with van der Waals surface area (Å²) < 4.78 is 18.3. The Morgan fingerprint density at radius 2 is 2.05 bits per heavy atom. The van der Waals surface area contributed by atoms with Gasteiger partial charge >= 0.3 is 0 Å². The largest absolute Gasteiger partial charge is 0.481 e. The van der Waals surface area contributed by atoms with Crippen molar-refractivity contribution in [2.75, 3.05) is 0 Å². The zero-order chi connectivity index (χ0) is 14.8. The Morgan fingerprint density at radius 3 is 2.60 bits per heavy atom. The van der Waals surface area contributed by atoms with Gasteiger partial charge in [-0.05, 0) is 55.9 Å². The van der Waals surface area contributed by atoms with Crippen molar-refractivity contribution in [3.63, 3.8) is 0 Å². The van der Waals surface area contributed by atoms with Crippen molar-refractivity contribution in [1.29, 1.82) is 0 Å². The summed E-state index contributed by atoms with van der Waals surface area (Å²) in [5, 5.41) is 3.03. The van der Waals surface area contributed by atoms with Crippen LogP contribution in [0.4, 0.5) is 4.39 Å². The Balaban J connectivity index is 1.85. The van der Waals surface area contributed by atoms with E-state index in [1.807, 2.05) is 0 Å². The van der Waals surface area contributed by atoms with E-state index in [1.165, 1.54) is 24.3 Å². The van der Waals surface area contributed by atoms with Crippen molar-refractivity contribution in [1.82, 2.24) is 5.32 Å². The van der Waals surface area contributed by atoms with Crippen LogP contribution in [-0.4, -0.2) is 18.1 Å². The average Bonchev–Trinajstić information content (AvgIpc) is 2.71. The highest BCUT2D eigenvalue weighted by Crippen LogP contribution is 2.36. The molecular formula is C16H22FNO2. The smallest absolute Gasteiger partial charge is 0.260 e. The highest BCUT2D eigenvalue weighted by Gasteiger charge is 2.32. The Bertz CT molecular complexity index is 470. The second-order valence-corrected chi connectivity index (χ2v) is 6.33. The average molecular weight is 279 g/mol. The molecule has 110 valence electrons. The minimum atomic E-state index is -0.579. The van der Waals surface area contributed by atoms with Crippen LogP contribution in [0.3, 0.4) is 0 Å². The first-order valence-electron chi connectivity index (χ1n) is 7.08. The molecule has 1 N–H and O–H groups in total. The fourth-order valence-electron chi connectivity index (χ4n) is 2.65. The van der Waals surface area contributed by atoms with Gasteiger partial charge in [0.2, 0.25) is 0 Å². The number of carbonyl (C=O) groups is 1. The van der Waals surface area contributed by atoms with Crippen LogP contribution in [0.15, 0.2) is 24.3 Å². The van der Waals surface area contributed by atoms with Crippen molar-refractivity contribution in [2.24, 2.45) is 5.41 Å². The molecule has 1 aliphatic carbocycles. The van der Waals surface area contributed by atoms with Gasteiger partial charge in [-0.3, -0.25) is 4.79 Å². The topological polar surface area (TPSA) is 38.3 Å². The van der Waals surface area contributed by atoms with Gasteiger partial charge in [0.1, 0.15) is 11.6 Å². The van der Waals surface area contributed by atoms with Gasteiger partial charge < -0.3 is 10.1 Å². The lowest BCUT2D eigenvalue weighted by molar-refractivity contribution is -0.128. The fourth-order valence-corrected chi connectivity index (χ4v) is 2.65. The van der Waals surface area contributed by atoms with Gasteiger partial charge in [0.05, 0.1) is 0 Å². The molecule has 0 radical (unpaired) electrons. The lowest BCUT2D eigenvalue weighted by Gasteiger charge is -2.20. The maximum absolute atomic E-state index is 12.8. The number of amides is 1. The van der Waals surface area contributed by atoms with E-state index in [0.29, 0.717) is 11.2 Å². The van der Waals surface area contributed by atoms with Crippen molar-refractivity contribution in [2.45, 2.75) is 52.2 Å². The summed E-state index contributed by atoms with van der Waals surface area (Å²) in [4.78, 5) is 12.1. The number of hydrogen-bond acceptors (Lipinski definition) is 2. The molecule has 0 bridgehead atoms. The van der Waals surface area contributed by atoms with Crippen molar-refractivity contribution >= 4 is 5.91 Å². The van der Waals surface area contributed by atoms with Crippen LogP contribution in [0.25, 0.3) is 0 Å². The van der Waals surface area contributed by atoms with Crippen molar-refractivity contribution in [3.8, 4) is 5.75 Å². The minimum absolute atomic E-state index is 0.114. The van der Waals surface area contributed by atoms with E-state index in [-0.39, 0.29) is 17.8 Å². The number of halogens is 1. The minimum Gasteiger partial charge on any atom is -0.481 e. The molecule has 4 heteroatoms. The summed E-state index contributed by atoms with van der Waals surface area (Å²) in [6.07, 6.45) is 2.57. The van der Waals surface area contributed by atoms with Crippen molar-refractivity contribution in [3.05, 3.63) is 30.1 Å². The molecule has 1 aromatic carbocycles. The molecule has 20 heavy (non-hydrogen) atoms. The molecule has 0 aromatic heterocycles.